The van der Waals surface area contributed by atoms with Crippen LogP contribution in [0.15, 0.2) is 24.3 Å². The van der Waals surface area contributed by atoms with Crippen LogP contribution in [0.25, 0.3) is 0 Å². The quantitative estimate of drug-likeness (QED) is 0.870. The lowest BCUT2D eigenvalue weighted by Gasteiger charge is -2.30. The molecule has 4 nitrogen and oxygen atoms in total. The molecule has 120 valence electrons. The van der Waals surface area contributed by atoms with Crippen LogP contribution < -0.4 is 5.32 Å². The average molecular weight is 307 g/mol. The van der Waals surface area contributed by atoms with E-state index in [2.05, 4.69) is 12.2 Å². The van der Waals surface area contributed by atoms with Gasteiger partial charge in [-0.3, -0.25) is 4.79 Å². The molecule has 1 aliphatic rings. The number of amides is 1. The second-order valence-corrected chi connectivity index (χ2v) is 5.93. The fourth-order valence-corrected chi connectivity index (χ4v) is 2.73. The van der Waals surface area contributed by atoms with Crippen molar-refractivity contribution in [2.24, 2.45) is 5.92 Å². The van der Waals surface area contributed by atoms with E-state index in [0.717, 1.165) is 25.3 Å². The van der Waals surface area contributed by atoms with Crippen molar-refractivity contribution in [3.8, 4) is 0 Å². The highest BCUT2D eigenvalue weighted by atomic mass is 19.1. The average Bonchev–Trinajstić information content (AvgIpc) is 2.49. The first-order valence-corrected chi connectivity index (χ1v) is 7.74. The van der Waals surface area contributed by atoms with Crippen molar-refractivity contribution in [1.29, 1.82) is 0 Å². The number of ether oxygens (including phenoxy) is 1. The van der Waals surface area contributed by atoms with Crippen molar-refractivity contribution >= 4 is 11.9 Å². The van der Waals surface area contributed by atoms with Crippen LogP contribution in [0, 0.1) is 11.7 Å². The Balaban J connectivity index is 1.89. The third-order valence-electron chi connectivity index (χ3n) is 4.15. The van der Waals surface area contributed by atoms with Gasteiger partial charge in [-0.05, 0) is 43.9 Å². The molecule has 3 atom stereocenters. The van der Waals surface area contributed by atoms with E-state index >= 15 is 0 Å². The Labute approximate surface area is 130 Å². The molecule has 1 fully saturated rings. The van der Waals surface area contributed by atoms with Crippen LogP contribution >= 0.6 is 0 Å². The van der Waals surface area contributed by atoms with Gasteiger partial charge in [0.25, 0.3) is 5.91 Å². The fourth-order valence-electron chi connectivity index (χ4n) is 2.73. The minimum Gasteiger partial charge on any atom is -0.449 e. The summed E-state index contributed by atoms with van der Waals surface area (Å²) in [5.74, 6) is -1.08. The highest BCUT2D eigenvalue weighted by Crippen LogP contribution is 2.23. The Morgan fingerprint density at radius 3 is 2.73 bits per heavy atom. The first-order valence-electron chi connectivity index (χ1n) is 7.74. The Morgan fingerprint density at radius 1 is 1.32 bits per heavy atom. The monoisotopic (exact) mass is 307 g/mol. The number of rotatable bonds is 4. The van der Waals surface area contributed by atoms with Crippen LogP contribution in [0.5, 0.6) is 0 Å². The zero-order chi connectivity index (χ0) is 16.1. The fraction of sp³-hybridized carbons (Fsp3) is 0.529. The highest BCUT2D eigenvalue weighted by Gasteiger charge is 2.26. The predicted molar refractivity (Wildman–Crippen MR) is 80.8 cm³/mol. The molecular formula is C17H22FNO3. The molecular weight excluding hydrogens is 285 g/mol. The molecule has 1 amide bonds. The lowest BCUT2D eigenvalue weighted by molar-refractivity contribution is -0.130. The molecule has 0 unspecified atom stereocenters. The molecule has 2 rings (SSSR count). The lowest BCUT2D eigenvalue weighted by atomic mass is 9.86. The van der Waals surface area contributed by atoms with E-state index in [4.69, 9.17) is 4.74 Å². The molecule has 1 aliphatic carbocycles. The molecule has 22 heavy (non-hydrogen) atoms. The van der Waals surface area contributed by atoms with Crippen LogP contribution in [0.3, 0.4) is 0 Å². The third kappa shape index (κ3) is 4.29. The lowest BCUT2D eigenvalue weighted by Crippen LogP contribution is -2.45. The largest absolute Gasteiger partial charge is 0.449 e. The van der Waals surface area contributed by atoms with E-state index in [1.165, 1.54) is 31.5 Å². The van der Waals surface area contributed by atoms with E-state index in [-0.39, 0.29) is 17.5 Å². The molecule has 0 heterocycles. The second-order valence-electron chi connectivity index (χ2n) is 5.93. The van der Waals surface area contributed by atoms with Gasteiger partial charge >= 0.3 is 5.97 Å². The summed E-state index contributed by atoms with van der Waals surface area (Å²) in [5.41, 5.74) is 0.102. The third-order valence-corrected chi connectivity index (χ3v) is 4.15. The molecule has 0 bridgehead atoms. The minimum atomic E-state index is -0.898. The molecule has 1 saturated carbocycles. The zero-order valence-corrected chi connectivity index (χ0v) is 13.0. The van der Waals surface area contributed by atoms with Crippen molar-refractivity contribution in [3.05, 3.63) is 35.6 Å². The number of carbonyl (C=O) groups excluding carboxylic acids is 2. The smallest absolute Gasteiger partial charge is 0.339 e. The molecule has 0 radical (unpaired) electrons. The molecule has 0 saturated heterocycles. The molecule has 0 aromatic heterocycles. The van der Waals surface area contributed by atoms with Gasteiger partial charge in [-0.25, -0.2) is 9.18 Å². The summed E-state index contributed by atoms with van der Waals surface area (Å²) in [6, 6.07) is 5.37. The minimum absolute atomic E-state index is 0.102. The number of hydrogen-bond acceptors (Lipinski definition) is 3. The van der Waals surface area contributed by atoms with Crippen LogP contribution in [0.4, 0.5) is 4.39 Å². The van der Waals surface area contributed by atoms with Gasteiger partial charge in [0.2, 0.25) is 0 Å². The van der Waals surface area contributed by atoms with E-state index in [1.54, 1.807) is 0 Å². The predicted octanol–water partition coefficient (Wildman–Crippen LogP) is 3.07. The van der Waals surface area contributed by atoms with Crippen molar-refractivity contribution in [3.63, 3.8) is 0 Å². The van der Waals surface area contributed by atoms with Crippen molar-refractivity contribution < 1.29 is 18.7 Å². The van der Waals surface area contributed by atoms with Gasteiger partial charge in [0, 0.05) is 6.04 Å². The van der Waals surface area contributed by atoms with Crippen LogP contribution in [-0.2, 0) is 9.53 Å². The van der Waals surface area contributed by atoms with Crippen LogP contribution in [-0.4, -0.2) is 24.0 Å². The van der Waals surface area contributed by atoms with E-state index in [9.17, 15) is 14.0 Å². The van der Waals surface area contributed by atoms with Gasteiger partial charge in [-0.15, -0.1) is 0 Å². The second kappa shape index (κ2) is 7.38. The molecule has 1 aromatic carbocycles. The number of hydrogen-bond donors (Lipinski definition) is 1. The van der Waals surface area contributed by atoms with Crippen LogP contribution in [0.1, 0.15) is 49.9 Å². The number of carbonyl (C=O) groups is 2. The van der Waals surface area contributed by atoms with E-state index in [1.807, 2.05) is 0 Å². The van der Waals surface area contributed by atoms with Gasteiger partial charge in [0.05, 0.1) is 5.56 Å². The van der Waals surface area contributed by atoms with Crippen molar-refractivity contribution in [1.82, 2.24) is 5.32 Å². The summed E-state index contributed by atoms with van der Waals surface area (Å²) in [6.45, 7) is 3.65. The van der Waals surface area contributed by atoms with Gasteiger partial charge in [-0.2, -0.15) is 0 Å². The van der Waals surface area contributed by atoms with Gasteiger partial charge < -0.3 is 10.1 Å². The number of benzene rings is 1. The molecule has 0 spiro atoms. The summed E-state index contributed by atoms with van der Waals surface area (Å²) in [6.07, 6.45) is 3.45. The van der Waals surface area contributed by atoms with Crippen LogP contribution in [0.2, 0.25) is 0 Å². The van der Waals surface area contributed by atoms with Crippen molar-refractivity contribution in [2.45, 2.75) is 51.7 Å². The maximum atomic E-state index is 13.1. The molecule has 0 aliphatic heterocycles. The summed E-state index contributed by atoms with van der Waals surface area (Å²) in [4.78, 5) is 24.0. The molecule has 1 aromatic rings. The Kier molecular flexibility index (Phi) is 5.52. The Hall–Kier alpha value is -1.91. The summed E-state index contributed by atoms with van der Waals surface area (Å²) < 4.78 is 18.2. The molecule has 1 N–H and O–H groups in total. The summed E-state index contributed by atoms with van der Waals surface area (Å²) in [7, 11) is 0. The maximum Gasteiger partial charge on any atom is 0.339 e. The SMILES string of the molecule is C[C@@H](OC(=O)c1cccc(F)c1)C(=O)N[C@H]1CCCC[C@@H]1C. The first-order chi connectivity index (χ1) is 10.5. The van der Waals surface area contributed by atoms with E-state index in [0.29, 0.717) is 5.92 Å². The summed E-state index contributed by atoms with van der Waals surface area (Å²) in [5, 5.41) is 2.95. The number of halogens is 1. The Morgan fingerprint density at radius 2 is 2.05 bits per heavy atom. The highest BCUT2D eigenvalue weighted by molar-refractivity contribution is 5.92. The number of esters is 1. The normalized spacial score (nSPS) is 22.7. The van der Waals surface area contributed by atoms with Gasteiger partial charge in [0.1, 0.15) is 5.82 Å². The summed E-state index contributed by atoms with van der Waals surface area (Å²) >= 11 is 0. The number of nitrogens with one attached hydrogen (secondary N) is 1. The standard InChI is InChI=1S/C17H22FNO3/c1-11-6-3-4-9-15(11)19-16(20)12(2)22-17(21)13-7-5-8-14(18)10-13/h5,7-8,10-12,15H,3-4,6,9H2,1-2H3,(H,19,20)/t11-,12+,15-/m0/s1. The maximum absolute atomic E-state index is 13.1. The topological polar surface area (TPSA) is 55.4 Å². The molecule has 5 heteroatoms. The van der Waals surface area contributed by atoms with E-state index < -0.39 is 17.9 Å². The van der Waals surface area contributed by atoms with Gasteiger partial charge in [0.15, 0.2) is 6.10 Å². The van der Waals surface area contributed by atoms with Crippen molar-refractivity contribution in [2.75, 3.05) is 0 Å². The first kappa shape index (κ1) is 16.5. The Bertz CT molecular complexity index is 546. The van der Waals surface area contributed by atoms with Gasteiger partial charge in [-0.1, -0.05) is 25.8 Å². The zero-order valence-electron chi connectivity index (χ0n) is 13.0.